The fourth-order valence-corrected chi connectivity index (χ4v) is 6.59. The van der Waals surface area contributed by atoms with Gasteiger partial charge in [-0.25, -0.2) is 12.8 Å². The smallest absolute Gasteiger partial charge is 0.264 e. The number of carbonyl (C=O) groups excluding carboxylic acids is 2. The molecule has 0 saturated carbocycles. The van der Waals surface area contributed by atoms with Gasteiger partial charge in [-0.1, -0.05) is 83.9 Å². The van der Waals surface area contributed by atoms with Gasteiger partial charge in [-0.05, 0) is 74.4 Å². The minimum absolute atomic E-state index is 0.00172. The molecule has 1 N–H and O–H groups in total. The number of rotatable bonds is 11. The van der Waals surface area contributed by atoms with Crippen molar-refractivity contribution in [2.45, 2.75) is 50.2 Å². The zero-order chi connectivity index (χ0) is 32.8. The highest BCUT2D eigenvalue weighted by atomic mass is 35.5. The first-order valence-electron chi connectivity index (χ1n) is 14.2. The molecule has 2 amide bonds. The predicted octanol–water partition coefficient (Wildman–Crippen LogP) is 6.88. The van der Waals surface area contributed by atoms with Crippen molar-refractivity contribution in [2.24, 2.45) is 0 Å². The molecule has 11 heteroatoms. The van der Waals surface area contributed by atoms with E-state index in [1.807, 2.05) is 51.1 Å². The number of anilines is 1. The largest absolute Gasteiger partial charge is 0.350 e. The zero-order valence-corrected chi connectivity index (χ0v) is 27.4. The first-order valence-corrected chi connectivity index (χ1v) is 16.4. The number of benzene rings is 4. The molecule has 0 radical (unpaired) electrons. The lowest BCUT2D eigenvalue weighted by molar-refractivity contribution is -0.140. The van der Waals surface area contributed by atoms with Crippen molar-refractivity contribution < 1.29 is 22.4 Å². The zero-order valence-electron chi connectivity index (χ0n) is 25.1. The number of halogens is 3. The monoisotopic (exact) mass is 669 g/mol. The van der Waals surface area contributed by atoms with E-state index in [0.29, 0.717) is 5.56 Å². The third-order valence-corrected chi connectivity index (χ3v) is 9.15. The van der Waals surface area contributed by atoms with E-state index >= 15 is 0 Å². The molecule has 4 aromatic rings. The van der Waals surface area contributed by atoms with Crippen LogP contribution < -0.4 is 9.62 Å². The van der Waals surface area contributed by atoms with E-state index in [4.69, 9.17) is 23.2 Å². The summed E-state index contributed by atoms with van der Waals surface area (Å²) in [7, 11) is -4.34. The summed E-state index contributed by atoms with van der Waals surface area (Å²) in [5.41, 5.74) is 0.703. The number of amides is 2. The maximum atomic E-state index is 14.5. The van der Waals surface area contributed by atoms with Crippen molar-refractivity contribution in [2.75, 3.05) is 10.8 Å². The first kappa shape index (κ1) is 34.0. The Morgan fingerprint density at radius 2 is 1.44 bits per heavy atom. The molecule has 1 atom stereocenters. The van der Waals surface area contributed by atoms with Gasteiger partial charge in [-0.3, -0.25) is 13.9 Å². The van der Waals surface area contributed by atoms with Crippen LogP contribution in [0.3, 0.4) is 0 Å². The average molecular weight is 671 g/mol. The van der Waals surface area contributed by atoms with Crippen LogP contribution in [0.15, 0.2) is 108 Å². The van der Waals surface area contributed by atoms with Crippen LogP contribution in [0.2, 0.25) is 10.0 Å². The normalized spacial score (nSPS) is 12.3. The number of hydrogen-bond donors (Lipinski definition) is 1. The Kier molecular flexibility index (Phi) is 10.9. The van der Waals surface area contributed by atoms with Gasteiger partial charge in [-0.15, -0.1) is 0 Å². The van der Waals surface area contributed by atoms with Gasteiger partial charge in [-0.2, -0.15) is 0 Å². The highest BCUT2D eigenvalue weighted by Gasteiger charge is 2.36. The van der Waals surface area contributed by atoms with E-state index in [-0.39, 0.29) is 33.6 Å². The van der Waals surface area contributed by atoms with E-state index < -0.39 is 45.8 Å². The van der Waals surface area contributed by atoms with Gasteiger partial charge < -0.3 is 10.2 Å². The van der Waals surface area contributed by atoms with Crippen LogP contribution in [-0.2, 0) is 32.6 Å². The maximum Gasteiger partial charge on any atom is 0.264 e. The number of carbonyl (C=O) groups is 2. The molecular formula is C34H34Cl2FN3O4S. The van der Waals surface area contributed by atoms with Crippen LogP contribution >= 0.6 is 23.2 Å². The van der Waals surface area contributed by atoms with E-state index in [1.54, 1.807) is 18.2 Å². The topological polar surface area (TPSA) is 86.8 Å². The second-order valence-corrected chi connectivity index (χ2v) is 14.2. The Hall–Kier alpha value is -3.92. The highest BCUT2D eigenvalue weighted by molar-refractivity contribution is 7.92. The molecule has 0 aliphatic carbocycles. The third kappa shape index (κ3) is 9.06. The molecule has 0 fully saturated rings. The van der Waals surface area contributed by atoms with Crippen molar-refractivity contribution in [3.8, 4) is 0 Å². The lowest BCUT2D eigenvalue weighted by Gasteiger charge is -2.35. The minimum atomic E-state index is -4.34. The Morgan fingerprint density at radius 1 is 0.844 bits per heavy atom. The molecule has 0 unspecified atom stereocenters. The summed E-state index contributed by atoms with van der Waals surface area (Å²) in [4.78, 5) is 29.6. The lowest BCUT2D eigenvalue weighted by atomic mass is 10.0. The van der Waals surface area contributed by atoms with Crippen LogP contribution in [-0.4, -0.2) is 43.3 Å². The maximum absolute atomic E-state index is 14.5. The standard InChI is InChI=1S/C34H34Cl2FN3O4S/c1-34(2,3)38-33(42)31(20-24-10-6-4-7-11-24)39(22-25-14-17-27(37)18-15-25)32(41)23-40(30-21-26(35)16-19-29(30)36)45(43,44)28-12-8-5-9-13-28/h4-19,21,31H,20,22-23H2,1-3H3,(H,38,42)/t31-/m0/s1. The van der Waals surface area contributed by atoms with Crippen LogP contribution in [0, 0.1) is 5.82 Å². The molecule has 0 aliphatic heterocycles. The van der Waals surface area contributed by atoms with E-state index in [0.717, 1.165) is 9.87 Å². The lowest BCUT2D eigenvalue weighted by Crippen LogP contribution is -2.56. The summed E-state index contributed by atoms with van der Waals surface area (Å²) in [5, 5.41) is 3.24. The molecule has 0 bridgehead atoms. The van der Waals surface area contributed by atoms with Crippen molar-refractivity contribution >= 4 is 50.7 Å². The number of sulfonamides is 1. The Morgan fingerprint density at radius 3 is 2.04 bits per heavy atom. The Balaban J connectivity index is 1.84. The fraction of sp³-hybridized carbons (Fsp3) is 0.235. The molecule has 0 aromatic heterocycles. The fourth-order valence-electron chi connectivity index (χ4n) is 4.70. The van der Waals surface area contributed by atoms with Gasteiger partial charge in [0.25, 0.3) is 10.0 Å². The van der Waals surface area contributed by atoms with Crippen molar-refractivity contribution in [3.63, 3.8) is 0 Å². The molecular weight excluding hydrogens is 636 g/mol. The number of nitrogens with one attached hydrogen (secondary N) is 1. The second kappa shape index (κ2) is 14.5. The highest BCUT2D eigenvalue weighted by Crippen LogP contribution is 2.33. The van der Waals surface area contributed by atoms with Gasteiger partial charge in [0.1, 0.15) is 18.4 Å². The molecule has 0 aliphatic rings. The van der Waals surface area contributed by atoms with Crippen LogP contribution in [0.1, 0.15) is 31.9 Å². The minimum Gasteiger partial charge on any atom is -0.350 e. The van der Waals surface area contributed by atoms with Gasteiger partial charge in [0.05, 0.1) is 15.6 Å². The Labute approximate surface area is 273 Å². The summed E-state index contributed by atoms with van der Waals surface area (Å²) in [5.74, 6) is -1.57. The van der Waals surface area contributed by atoms with Crippen molar-refractivity contribution in [1.29, 1.82) is 0 Å². The van der Waals surface area contributed by atoms with Crippen LogP contribution in [0.25, 0.3) is 0 Å². The first-order chi connectivity index (χ1) is 21.2. The summed E-state index contributed by atoms with van der Waals surface area (Å²) >= 11 is 12.8. The summed E-state index contributed by atoms with van der Waals surface area (Å²) in [6.45, 7) is 4.67. The molecule has 4 rings (SSSR count). The molecule has 0 heterocycles. The van der Waals surface area contributed by atoms with Gasteiger partial charge in [0.2, 0.25) is 11.8 Å². The van der Waals surface area contributed by atoms with Gasteiger partial charge in [0, 0.05) is 23.5 Å². The molecule has 45 heavy (non-hydrogen) atoms. The van der Waals surface area contributed by atoms with E-state index in [9.17, 15) is 22.4 Å². The Bertz CT molecular complexity index is 1730. The average Bonchev–Trinajstić information content (AvgIpc) is 3.00. The van der Waals surface area contributed by atoms with Crippen molar-refractivity contribution in [3.05, 3.63) is 130 Å². The van der Waals surface area contributed by atoms with E-state index in [1.165, 1.54) is 59.5 Å². The molecule has 236 valence electrons. The van der Waals surface area contributed by atoms with Crippen molar-refractivity contribution in [1.82, 2.24) is 10.2 Å². The van der Waals surface area contributed by atoms with E-state index in [2.05, 4.69) is 5.32 Å². The molecule has 4 aromatic carbocycles. The summed E-state index contributed by atoms with van der Waals surface area (Å²) in [6, 6.07) is 25.7. The molecule has 0 saturated heterocycles. The molecule has 7 nitrogen and oxygen atoms in total. The molecule has 0 spiro atoms. The van der Waals surface area contributed by atoms with Crippen LogP contribution in [0.5, 0.6) is 0 Å². The number of nitrogens with zero attached hydrogens (tertiary/aromatic N) is 2. The summed E-state index contributed by atoms with van der Waals surface area (Å²) in [6.07, 6.45) is 0.138. The van der Waals surface area contributed by atoms with Gasteiger partial charge >= 0.3 is 0 Å². The SMILES string of the molecule is CC(C)(C)NC(=O)[C@H](Cc1ccccc1)N(Cc1ccc(F)cc1)C(=O)CN(c1cc(Cl)ccc1Cl)S(=O)(=O)c1ccccc1. The number of hydrogen-bond acceptors (Lipinski definition) is 4. The van der Waals surface area contributed by atoms with Crippen LogP contribution in [0.4, 0.5) is 10.1 Å². The third-order valence-electron chi connectivity index (χ3n) is 6.82. The summed E-state index contributed by atoms with van der Waals surface area (Å²) < 4.78 is 42.9. The predicted molar refractivity (Wildman–Crippen MR) is 176 cm³/mol. The quantitative estimate of drug-likeness (QED) is 0.189. The van der Waals surface area contributed by atoms with Gasteiger partial charge in [0.15, 0.2) is 0 Å². The second-order valence-electron chi connectivity index (χ2n) is 11.5.